The lowest BCUT2D eigenvalue weighted by Gasteiger charge is -2.16. The second-order valence-electron chi connectivity index (χ2n) is 7.12. The Kier molecular flexibility index (Phi) is 6.13. The number of carbonyl (C=O) groups excluding carboxylic acids is 2. The Bertz CT molecular complexity index is 1070. The van der Waals surface area contributed by atoms with Crippen LogP contribution in [0.15, 0.2) is 48.5 Å². The Morgan fingerprint density at radius 3 is 2.35 bits per heavy atom. The van der Waals surface area contributed by atoms with Crippen molar-refractivity contribution in [2.24, 2.45) is 5.92 Å². The van der Waals surface area contributed by atoms with Crippen LogP contribution in [0.5, 0.6) is 11.5 Å². The molecule has 1 N–H and O–H groups in total. The monoisotopic (exact) mass is 438 g/mol. The van der Waals surface area contributed by atoms with Crippen molar-refractivity contribution in [3.8, 4) is 11.5 Å². The SMILES string of the molecule is COc1ccc(Cc2nnc(NC(=O)[C@@H]3CC(=O)N(c4ccc(OC)cc4)C3)s2)cc1. The first-order chi connectivity index (χ1) is 15.1. The van der Waals surface area contributed by atoms with Gasteiger partial charge in [-0.2, -0.15) is 0 Å². The van der Waals surface area contributed by atoms with Gasteiger partial charge in [0.15, 0.2) is 0 Å². The van der Waals surface area contributed by atoms with Crippen molar-refractivity contribution in [1.29, 1.82) is 0 Å². The van der Waals surface area contributed by atoms with Gasteiger partial charge in [-0.25, -0.2) is 0 Å². The van der Waals surface area contributed by atoms with Crippen LogP contribution in [0.4, 0.5) is 10.8 Å². The summed E-state index contributed by atoms with van der Waals surface area (Å²) in [5, 5.41) is 12.3. The van der Waals surface area contributed by atoms with E-state index >= 15 is 0 Å². The minimum Gasteiger partial charge on any atom is -0.497 e. The standard InChI is InChI=1S/C22H22N4O4S/c1-29-17-7-3-14(4-8-17)11-19-24-25-22(31-19)23-21(28)15-12-20(27)26(13-15)16-5-9-18(30-2)10-6-16/h3-10,15H,11-13H2,1-2H3,(H,23,25,28)/t15-/m1/s1. The summed E-state index contributed by atoms with van der Waals surface area (Å²) in [7, 11) is 3.22. The van der Waals surface area contributed by atoms with Gasteiger partial charge in [0.25, 0.3) is 0 Å². The molecule has 1 aromatic heterocycles. The fraction of sp³-hybridized carbons (Fsp3) is 0.273. The summed E-state index contributed by atoms with van der Waals surface area (Å²) in [6, 6.07) is 14.9. The van der Waals surface area contributed by atoms with E-state index in [0.717, 1.165) is 22.0 Å². The number of carbonyl (C=O) groups is 2. The molecule has 160 valence electrons. The molecule has 1 atom stereocenters. The highest BCUT2D eigenvalue weighted by atomic mass is 32.1. The third kappa shape index (κ3) is 4.83. The van der Waals surface area contributed by atoms with Crippen molar-refractivity contribution in [3.05, 3.63) is 59.1 Å². The number of hydrogen-bond donors (Lipinski definition) is 1. The molecule has 1 aliphatic heterocycles. The summed E-state index contributed by atoms with van der Waals surface area (Å²) in [6.45, 7) is 0.328. The smallest absolute Gasteiger partial charge is 0.231 e. The number of amides is 2. The summed E-state index contributed by atoms with van der Waals surface area (Å²) >= 11 is 1.33. The second-order valence-corrected chi connectivity index (χ2v) is 8.18. The predicted octanol–water partition coefficient (Wildman–Crippen LogP) is 3.14. The van der Waals surface area contributed by atoms with E-state index in [0.29, 0.717) is 23.8 Å². The zero-order valence-electron chi connectivity index (χ0n) is 17.2. The molecule has 8 nitrogen and oxygen atoms in total. The lowest BCUT2D eigenvalue weighted by Crippen LogP contribution is -2.28. The van der Waals surface area contributed by atoms with Crippen LogP contribution in [0.25, 0.3) is 0 Å². The van der Waals surface area contributed by atoms with Gasteiger partial charge in [0.1, 0.15) is 16.5 Å². The normalized spacial score (nSPS) is 15.7. The first-order valence-corrected chi connectivity index (χ1v) is 10.6. The molecule has 2 amide bonds. The molecule has 1 fully saturated rings. The fourth-order valence-electron chi connectivity index (χ4n) is 3.40. The molecule has 1 aliphatic rings. The van der Waals surface area contributed by atoms with E-state index in [1.807, 2.05) is 36.4 Å². The number of benzene rings is 2. The van der Waals surface area contributed by atoms with Crippen LogP contribution < -0.4 is 19.7 Å². The van der Waals surface area contributed by atoms with Crippen molar-refractivity contribution in [3.63, 3.8) is 0 Å². The number of aromatic nitrogens is 2. The molecule has 31 heavy (non-hydrogen) atoms. The zero-order chi connectivity index (χ0) is 21.8. The van der Waals surface area contributed by atoms with Gasteiger partial charge in [-0.1, -0.05) is 23.5 Å². The van der Waals surface area contributed by atoms with Gasteiger partial charge in [-0.05, 0) is 42.0 Å². The molecule has 2 heterocycles. The van der Waals surface area contributed by atoms with Crippen molar-refractivity contribution in [2.45, 2.75) is 12.8 Å². The maximum atomic E-state index is 12.7. The number of anilines is 2. The van der Waals surface area contributed by atoms with E-state index in [1.54, 1.807) is 31.3 Å². The summed E-state index contributed by atoms with van der Waals surface area (Å²) in [5.74, 6) is 0.762. The topological polar surface area (TPSA) is 93.7 Å². The molecule has 0 saturated carbocycles. The Labute approximate surface area is 183 Å². The average molecular weight is 439 g/mol. The van der Waals surface area contributed by atoms with Crippen molar-refractivity contribution >= 4 is 34.0 Å². The summed E-state index contributed by atoms with van der Waals surface area (Å²) in [4.78, 5) is 26.7. The highest BCUT2D eigenvalue weighted by Gasteiger charge is 2.35. The Hall–Kier alpha value is -3.46. The lowest BCUT2D eigenvalue weighted by atomic mass is 10.1. The molecule has 0 bridgehead atoms. The highest BCUT2D eigenvalue weighted by Crippen LogP contribution is 2.28. The Balaban J connectivity index is 1.35. The third-order valence-corrected chi connectivity index (χ3v) is 5.93. The summed E-state index contributed by atoms with van der Waals surface area (Å²) in [6.07, 6.45) is 0.778. The molecule has 0 unspecified atom stereocenters. The Morgan fingerprint density at radius 1 is 1.06 bits per heavy atom. The van der Waals surface area contributed by atoms with E-state index in [-0.39, 0.29) is 18.2 Å². The van der Waals surface area contributed by atoms with Gasteiger partial charge in [-0.3, -0.25) is 9.59 Å². The van der Waals surface area contributed by atoms with E-state index in [9.17, 15) is 9.59 Å². The molecule has 2 aromatic carbocycles. The first-order valence-electron chi connectivity index (χ1n) is 9.76. The van der Waals surface area contributed by atoms with Crippen LogP contribution in [-0.2, 0) is 16.0 Å². The number of hydrogen-bond acceptors (Lipinski definition) is 7. The van der Waals surface area contributed by atoms with Crippen molar-refractivity contribution in [1.82, 2.24) is 10.2 Å². The summed E-state index contributed by atoms with van der Waals surface area (Å²) in [5.41, 5.74) is 1.82. The molecule has 4 rings (SSSR count). The van der Waals surface area contributed by atoms with Crippen molar-refractivity contribution < 1.29 is 19.1 Å². The largest absolute Gasteiger partial charge is 0.497 e. The zero-order valence-corrected chi connectivity index (χ0v) is 18.0. The molecular formula is C22H22N4O4S. The molecule has 3 aromatic rings. The molecule has 0 spiro atoms. The van der Waals surface area contributed by atoms with Crippen LogP contribution in [0.1, 0.15) is 17.0 Å². The number of methoxy groups -OCH3 is 2. The van der Waals surface area contributed by atoms with E-state index in [4.69, 9.17) is 9.47 Å². The van der Waals surface area contributed by atoms with Crippen LogP contribution in [-0.4, -0.2) is 42.8 Å². The van der Waals surface area contributed by atoms with Gasteiger partial charge >= 0.3 is 0 Å². The van der Waals surface area contributed by atoms with Crippen LogP contribution >= 0.6 is 11.3 Å². The minimum absolute atomic E-state index is 0.0808. The number of rotatable bonds is 7. The number of nitrogens with one attached hydrogen (secondary N) is 1. The van der Waals surface area contributed by atoms with Crippen LogP contribution in [0.2, 0.25) is 0 Å². The molecule has 0 aliphatic carbocycles. The third-order valence-electron chi connectivity index (χ3n) is 5.09. The van der Waals surface area contributed by atoms with E-state index < -0.39 is 5.92 Å². The van der Waals surface area contributed by atoms with Crippen LogP contribution in [0, 0.1) is 5.92 Å². The molecule has 0 radical (unpaired) electrons. The number of nitrogens with zero attached hydrogens (tertiary/aromatic N) is 3. The molecule has 9 heteroatoms. The lowest BCUT2D eigenvalue weighted by molar-refractivity contribution is -0.122. The quantitative estimate of drug-likeness (QED) is 0.609. The first kappa shape index (κ1) is 20.8. The fourth-order valence-corrected chi connectivity index (χ4v) is 4.17. The van der Waals surface area contributed by atoms with Crippen molar-refractivity contribution in [2.75, 3.05) is 31.0 Å². The van der Waals surface area contributed by atoms with E-state index in [1.165, 1.54) is 11.3 Å². The van der Waals surface area contributed by atoms with Gasteiger partial charge < -0.3 is 19.7 Å². The second kappa shape index (κ2) is 9.13. The van der Waals surface area contributed by atoms with Gasteiger partial charge in [0, 0.05) is 25.1 Å². The maximum absolute atomic E-state index is 12.7. The van der Waals surface area contributed by atoms with Crippen LogP contribution in [0.3, 0.4) is 0 Å². The predicted molar refractivity (Wildman–Crippen MR) is 118 cm³/mol. The van der Waals surface area contributed by atoms with Gasteiger partial charge in [0.2, 0.25) is 16.9 Å². The molecule has 1 saturated heterocycles. The molecular weight excluding hydrogens is 416 g/mol. The maximum Gasteiger partial charge on any atom is 0.231 e. The summed E-state index contributed by atoms with van der Waals surface area (Å²) < 4.78 is 10.3. The van der Waals surface area contributed by atoms with Gasteiger partial charge in [-0.15, -0.1) is 10.2 Å². The number of ether oxygens (including phenoxy) is 2. The highest BCUT2D eigenvalue weighted by molar-refractivity contribution is 7.15. The average Bonchev–Trinajstić information content (AvgIpc) is 3.40. The minimum atomic E-state index is -0.441. The van der Waals surface area contributed by atoms with E-state index in [2.05, 4.69) is 15.5 Å². The van der Waals surface area contributed by atoms with Gasteiger partial charge in [0.05, 0.1) is 20.1 Å². The Morgan fingerprint density at radius 2 is 1.71 bits per heavy atom.